The topological polar surface area (TPSA) is 39.7 Å². The molecule has 17 heavy (non-hydrogen) atoms. The van der Waals surface area contributed by atoms with Crippen LogP contribution in [0.25, 0.3) is 0 Å². The number of ether oxygens (including phenoxy) is 3. The molecule has 0 amide bonds. The molecule has 1 fully saturated rings. The highest BCUT2D eigenvalue weighted by Crippen LogP contribution is 2.20. The van der Waals surface area contributed by atoms with Crippen molar-refractivity contribution in [3.05, 3.63) is 0 Å². The van der Waals surface area contributed by atoms with Crippen molar-refractivity contribution >= 4 is 0 Å². The Balaban J connectivity index is 1.93. The smallest absolute Gasteiger partial charge is 0.169 e. The summed E-state index contributed by atoms with van der Waals surface area (Å²) in [7, 11) is 0. The molecule has 0 aromatic rings. The van der Waals surface area contributed by atoms with E-state index in [-0.39, 0.29) is 6.29 Å². The van der Waals surface area contributed by atoms with Gasteiger partial charge in [-0.25, -0.2) is 0 Å². The van der Waals surface area contributed by atoms with E-state index < -0.39 is 0 Å². The molecule has 1 saturated carbocycles. The molecule has 1 aliphatic carbocycles. The maximum atomic E-state index is 5.76. The van der Waals surface area contributed by atoms with Crippen molar-refractivity contribution in [2.24, 2.45) is 0 Å². The first-order chi connectivity index (χ1) is 8.36. The van der Waals surface area contributed by atoms with Crippen molar-refractivity contribution in [3.8, 4) is 0 Å². The third-order valence-electron chi connectivity index (χ3n) is 2.95. The van der Waals surface area contributed by atoms with Gasteiger partial charge in [0.05, 0.1) is 12.7 Å². The number of rotatable bonds is 10. The number of hydrogen-bond donors (Lipinski definition) is 1. The first-order valence-corrected chi connectivity index (χ1v) is 6.92. The van der Waals surface area contributed by atoms with Gasteiger partial charge in [0, 0.05) is 26.3 Å². The van der Waals surface area contributed by atoms with Crippen molar-refractivity contribution in [2.45, 2.75) is 51.9 Å². The highest BCUT2D eigenvalue weighted by Gasteiger charge is 2.14. The van der Waals surface area contributed by atoms with E-state index in [2.05, 4.69) is 5.32 Å². The first-order valence-electron chi connectivity index (χ1n) is 6.92. The zero-order valence-electron chi connectivity index (χ0n) is 11.2. The lowest BCUT2D eigenvalue weighted by atomic mass is 10.3. The van der Waals surface area contributed by atoms with E-state index in [1.165, 1.54) is 25.7 Å². The molecular formula is C13H27NO3. The predicted molar refractivity (Wildman–Crippen MR) is 68.1 cm³/mol. The summed E-state index contributed by atoms with van der Waals surface area (Å²) in [4.78, 5) is 0. The molecule has 0 radical (unpaired) electrons. The molecule has 0 atom stereocenters. The van der Waals surface area contributed by atoms with Gasteiger partial charge >= 0.3 is 0 Å². The van der Waals surface area contributed by atoms with Crippen molar-refractivity contribution in [3.63, 3.8) is 0 Å². The molecule has 1 N–H and O–H groups in total. The highest BCUT2D eigenvalue weighted by atomic mass is 16.7. The van der Waals surface area contributed by atoms with Crippen LogP contribution < -0.4 is 5.32 Å². The van der Waals surface area contributed by atoms with Gasteiger partial charge in [0.15, 0.2) is 6.29 Å². The molecule has 0 saturated heterocycles. The predicted octanol–water partition coefficient (Wildman–Crippen LogP) is 1.93. The average Bonchev–Trinajstić information content (AvgIpc) is 2.82. The SMILES string of the molecule is CCOC(CNCCOC1CCCC1)OCC. The Labute approximate surface area is 105 Å². The molecule has 4 nitrogen and oxygen atoms in total. The minimum absolute atomic E-state index is 0.128. The molecule has 0 bridgehead atoms. The quantitative estimate of drug-likeness (QED) is 0.471. The minimum Gasteiger partial charge on any atom is -0.377 e. The summed E-state index contributed by atoms with van der Waals surface area (Å²) >= 11 is 0. The Bertz CT molecular complexity index is 166. The Kier molecular flexibility index (Phi) is 8.61. The maximum Gasteiger partial charge on any atom is 0.169 e. The first kappa shape index (κ1) is 14.9. The van der Waals surface area contributed by atoms with Crippen LogP contribution in [0.3, 0.4) is 0 Å². The molecule has 0 aliphatic heterocycles. The van der Waals surface area contributed by atoms with E-state index >= 15 is 0 Å². The lowest BCUT2D eigenvalue weighted by Crippen LogP contribution is -2.33. The summed E-state index contributed by atoms with van der Waals surface area (Å²) in [5.41, 5.74) is 0. The van der Waals surface area contributed by atoms with E-state index in [1.807, 2.05) is 13.8 Å². The lowest BCUT2D eigenvalue weighted by Gasteiger charge is -2.18. The van der Waals surface area contributed by atoms with Crippen LogP contribution in [0.2, 0.25) is 0 Å². The fourth-order valence-corrected chi connectivity index (χ4v) is 2.11. The van der Waals surface area contributed by atoms with Gasteiger partial charge in [0.2, 0.25) is 0 Å². The standard InChI is InChI=1S/C13H27NO3/c1-3-15-13(16-4-2)11-14-9-10-17-12-7-5-6-8-12/h12-14H,3-11H2,1-2H3. The van der Waals surface area contributed by atoms with Crippen molar-refractivity contribution < 1.29 is 14.2 Å². The Morgan fingerprint density at radius 2 is 1.76 bits per heavy atom. The average molecular weight is 245 g/mol. The van der Waals surface area contributed by atoms with E-state index in [0.717, 1.165) is 19.7 Å². The van der Waals surface area contributed by atoms with E-state index in [0.29, 0.717) is 19.3 Å². The summed E-state index contributed by atoms with van der Waals surface area (Å²) in [5.74, 6) is 0. The Morgan fingerprint density at radius 1 is 1.12 bits per heavy atom. The van der Waals surface area contributed by atoms with Crippen molar-refractivity contribution in [1.29, 1.82) is 0 Å². The molecule has 0 unspecified atom stereocenters. The van der Waals surface area contributed by atoms with Gasteiger partial charge in [-0.15, -0.1) is 0 Å². The summed E-state index contributed by atoms with van der Waals surface area (Å²) in [6.45, 7) is 7.72. The maximum absolute atomic E-state index is 5.76. The Hall–Kier alpha value is -0.160. The van der Waals surface area contributed by atoms with Crippen LogP contribution in [-0.4, -0.2) is 45.3 Å². The molecule has 0 spiro atoms. The summed E-state index contributed by atoms with van der Waals surface area (Å²) in [5, 5.41) is 3.30. The fourth-order valence-electron chi connectivity index (χ4n) is 2.11. The molecule has 4 heteroatoms. The monoisotopic (exact) mass is 245 g/mol. The number of nitrogens with one attached hydrogen (secondary N) is 1. The zero-order valence-corrected chi connectivity index (χ0v) is 11.2. The van der Waals surface area contributed by atoms with Crippen LogP contribution >= 0.6 is 0 Å². The second-order valence-electron chi connectivity index (χ2n) is 4.32. The highest BCUT2D eigenvalue weighted by molar-refractivity contribution is 4.66. The van der Waals surface area contributed by atoms with Crippen molar-refractivity contribution in [1.82, 2.24) is 5.32 Å². The van der Waals surface area contributed by atoms with E-state index in [1.54, 1.807) is 0 Å². The normalized spacial score (nSPS) is 17.1. The summed E-state index contributed by atoms with van der Waals surface area (Å²) in [6.07, 6.45) is 5.51. The zero-order chi connectivity index (χ0) is 12.3. The summed E-state index contributed by atoms with van der Waals surface area (Å²) in [6, 6.07) is 0. The molecule has 0 heterocycles. The fraction of sp³-hybridized carbons (Fsp3) is 1.00. The van der Waals surface area contributed by atoms with E-state index in [9.17, 15) is 0 Å². The second kappa shape index (κ2) is 9.83. The van der Waals surface area contributed by atoms with Gasteiger partial charge in [-0.2, -0.15) is 0 Å². The lowest BCUT2D eigenvalue weighted by molar-refractivity contribution is -0.133. The van der Waals surface area contributed by atoms with Crippen LogP contribution in [-0.2, 0) is 14.2 Å². The molecule has 102 valence electrons. The van der Waals surface area contributed by atoms with Gasteiger partial charge in [0.1, 0.15) is 0 Å². The summed E-state index contributed by atoms with van der Waals surface area (Å²) < 4.78 is 16.6. The van der Waals surface area contributed by atoms with Gasteiger partial charge in [-0.3, -0.25) is 0 Å². The van der Waals surface area contributed by atoms with Crippen LogP contribution in [0.1, 0.15) is 39.5 Å². The second-order valence-corrected chi connectivity index (χ2v) is 4.32. The molecule has 0 aromatic heterocycles. The van der Waals surface area contributed by atoms with E-state index in [4.69, 9.17) is 14.2 Å². The Morgan fingerprint density at radius 3 is 2.35 bits per heavy atom. The third-order valence-corrected chi connectivity index (χ3v) is 2.95. The van der Waals surface area contributed by atoms with Gasteiger partial charge < -0.3 is 19.5 Å². The largest absolute Gasteiger partial charge is 0.377 e. The van der Waals surface area contributed by atoms with Crippen LogP contribution in [0.4, 0.5) is 0 Å². The van der Waals surface area contributed by atoms with Crippen LogP contribution in [0.5, 0.6) is 0 Å². The molecule has 0 aromatic carbocycles. The minimum atomic E-state index is -0.128. The molecular weight excluding hydrogens is 218 g/mol. The molecule has 1 aliphatic rings. The van der Waals surface area contributed by atoms with Crippen LogP contribution in [0.15, 0.2) is 0 Å². The number of hydrogen-bond acceptors (Lipinski definition) is 4. The molecule has 1 rings (SSSR count). The van der Waals surface area contributed by atoms with Crippen LogP contribution in [0, 0.1) is 0 Å². The van der Waals surface area contributed by atoms with Crippen molar-refractivity contribution in [2.75, 3.05) is 32.9 Å². The third kappa shape index (κ3) is 6.99. The van der Waals surface area contributed by atoms with Gasteiger partial charge in [-0.05, 0) is 26.7 Å². The van der Waals surface area contributed by atoms with Gasteiger partial charge in [0.25, 0.3) is 0 Å². The van der Waals surface area contributed by atoms with Gasteiger partial charge in [-0.1, -0.05) is 12.8 Å².